The van der Waals surface area contributed by atoms with Gasteiger partial charge in [0.1, 0.15) is 11.9 Å². The Morgan fingerprint density at radius 3 is 2.58 bits per heavy atom. The summed E-state index contributed by atoms with van der Waals surface area (Å²) >= 11 is 0. The van der Waals surface area contributed by atoms with E-state index in [1.165, 1.54) is 18.5 Å². The lowest BCUT2D eigenvalue weighted by atomic mass is 10.0. The van der Waals surface area contributed by atoms with Crippen LogP contribution in [0, 0.1) is 17.5 Å². The first-order valence-electron chi connectivity index (χ1n) is 13.0. The zero-order valence-electron chi connectivity index (χ0n) is 21.3. The zero-order valence-corrected chi connectivity index (χ0v) is 22.2. The van der Waals surface area contributed by atoms with E-state index in [1.54, 1.807) is 12.1 Å². The molecule has 2 atom stereocenters. The third-order valence-electron chi connectivity index (χ3n) is 6.90. The number of benzene rings is 1. The van der Waals surface area contributed by atoms with Crippen LogP contribution in [-0.2, 0) is 10.0 Å². The van der Waals surface area contributed by atoms with Gasteiger partial charge >= 0.3 is 0 Å². The number of nitrogens with zero attached hydrogens (tertiary/aromatic N) is 3. The number of halogens is 4. The fraction of sp³-hybridized carbons (Fsp3) is 0.423. The van der Waals surface area contributed by atoms with Crippen molar-refractivity contribution in [1.29, 1.82) is 0 Å². The number of hydrogen-bond acceptors (Lipinski definition) is 8. The Kier molecular flexibility index (Phi) is 8.35. The Balaban J connectivity index is 1.38. The lowest BCUT2D eigenvalue weighted by Crippen LogP contribution is -2.44. The third kappa shape index (κ3) is 6.28. The monoisotopic (exact) mass is 580 g/mol. The predicted molar refractivity (Wildman–Crippen MR) is 141 cm³/mol. The topological polar surface area (TPSA) is 118 Å². The van der Waals surface area contributed by atoms with Crippen LogP contribution in [-0.4, -0.2) is 53.9 Å². The van der Waals surface area contributed by atoms with Gasteiger partial charge in [0, 0.05) is 44.0 Å². The molecule has 2 aliphatic rings. The van der Waals surface area contributed by atoms with Crippen molar-refractivity contribution in [2.75, 3.05) is 23.1 Å². The van der Waals surface area contributed by atoms with Crippen molar-refractivity contribution in [2.45, 2.75) is 56.0 Å². The molecule has 2 fully saturated rings. The van der Waals surface area contributed by atoms with Gasteiger partial charge < -0.3 is 15.4 Å². The zero-order chi connectivity index (χ0) is 28.3. The van der Waals surface area contributed by atoms with Crippen molar-refractivity contribution in [1.82, 2.24) is 20.3 Å². The molecule has 5 rings (SSSR count). The summed E-state index contributed by atoms with van der Waals surface area (Å²) in [5.74, 6) is -5.48. The number of piperidine rings is 1. The molecule has 1 aliphatic carbocycles. The van der Waals surface area contributed by atoms with Crippen LogP contribution in [0.2, 0.25) is 0 Å². The molecule has 40 heavy (non-hydrogen) atoms. The summed E-state index contributed by atoms with van der Waals surface area (Å²) < 4.78 is 91.4. The number of nitrogens with one attached hydrogen (secondary N) is 3. The van der Waals surface area contributed by atoms with Crippen LogP contribution in [0.3, 0.4) is 0 Å². The average Bonchev–Trinajstić information content (AvgIpc) is 2.95. The number of anilines is 2. The Labute approximate surface area is 228 Å². The van der Waals surface area contributed by atoms with Crippen LogP contribution in [0.25, 0.3) is 11.3 Å². The molecule has 1 saturated heterocycles. The van der Waals surface area contributed by atoms with E-state index >= 15 is 4.39 Å². The molecule has 1 aliphatic heterocycles. The molecular formula is C26H28F4N6O3S. The van der Waals surface area contributed by atoms with Gasteiger partial charge in [-0.3, -0.25) is 4.72 Å². The van der Waals surface area contributed by atoms with Crippen molar-refractivity contribution in [3.05, 3.63) is 54.1 Å². The molecule has 0 radical (unpaired) electrons. The molecule has 214 valence electrons. The third-order valence-corrected chi connectivity index (χ3v) is 8.74. The van der Waals surface area contributed by atoms with Gasteiger partial charge in [-0.1, -0.05) is 19.3 Å². The molecule has 0 bridgehead atoms. The lowest BCUT2D eigenvalue weighted by molar-refractivity contribution is 0.254. The number of alkyl halides is 1. The molecule has 0 amide bonds. The summed E-state index contributed by atoms with van der Waals surface area (Å²) in [4.78, 5) is 12.6. The van der Waals surface area contributed by atoms with Crippen LogP contribution >= 0.6 is 0 Å². The van der Waals surface area contributed by atoms with Gasteiger partial charge in [0.2, 0.25) is 27.7 Å². The Morgan fingerprint density at radius 2 is 1.80 bits per heavy atom. The Morgan fingerprint density at radius 1 is 1.00 bits per heavy atom. The number of rotatable bonds is 8. The van der Waals surface area contributed by atoms with Gasteiger partial charge in [0.05, 0.1) is 16.5 Å². The van der Waals surface area contributed by atoms with E-state index < -0.39 is 50.3 Å². The van der Waals surface area contributed by atoms with Crippen LogP contribution in [0.15, 0.2) is 36.7 Å². The quantitative estimate of drug-likeness (QED) is 0.254. The van der Waals surface area contributed by atoms with Crippen LogP contribution < -0.4 is 20.1 Å². The first-order chi connectivity index (χ1) is 19.2. The van der Waals surface area contributed by atoms with E-state index in [9.17, 15) is 21.6 Å². The van der Waals surface area contributed by atoms with Crippen molar-refractivity contribution in [2.24, 2.45) is 0 Å². The minimum Gasteiger partial charge on any atom is -0.435 e. The maximum Gasteiger partial charge on any atom is 0.235 e. The van der Waals surface area contributed by atoms with Crippen molar-refractivity contribution in [3.63, 3.8) is 0 Å². The largest absolute Gasteiger partial charge is 0.435 e. The standard InChI is InChI=1S/C26H28F4N6O3S/c27-15-11-16(14-31-13-15)34-26-33-10-8-20(35-26)18-7-4-9-32-25(18)39-21-12-19(28)24(23(30)22(21)29)36-40(37,38)17-5-2-1-3-6-17/h4,7-10,12,15-17,31,36H,1-3,5-6,11,13-14H2,(H,33,34,35)/t15-,16?/m0/s1. The fourth-order valence-corrected chi connectivity index (χ4v) is 6.47. The molecule has 0 spiro atoms. The fourth-order valence-electron chi connectivity index (χ4n) is 4.87. The second-order valence-corrected chi connectivity index (χ2v) is 11.8. The highest BCUT2D eigenvalue weighted by atomic mass is 32.2. The molecule has 3 aromatic rings. The normalized spacial score (nSPS) is 20.2. The highest BCUT2D eigenvalue weighted by Crippen LogP contribution is 2.36. The van der Waals surface area contributed by atoms with E-state index in [4.69, 9.17) is 4.74 Å². The maximum atomic E-state index is 15.0. The van der Waals surface area contributed by atoms with Crippen LogP contribution in [0.4, 0.5) is 29.2 Å². The molecule has 1 aromatic carbocycles. The second kappa shape index (κ2) is 11.9. The predicted octanol–water partition coefficient (Wildman–Crippen LogP) is 4.93. The van der Waals surface area contributed by atoms with E-state index in [0.717, 1.165) is 6.42 Å². The highest BCUT2D eigenvalue weighted by molar-refractivity contribution is 7.93. The molecule has 2 aromatic heterocycles. The van der Waals surface area contributed by atoms with Gasteiger partial charge in [0.25, 0.3) is 0 Å². The number of pyridine rings is 1. The van der Waals surface area contributed by atoms with Gasteiger partial charge in [0.15, 0.2) is 17.4 Å². The molecule has 3 heterocycles. The number of aromatic nitrogens is 3. The first-order valence-corrected chi connectivity index (χ1v) is 14.5. The molecular weight excluding hydrogens is 552 g/mol. The first kappa shape index (κ1) is 28.0. The molecule has 9 nitrogen and oxygen atoms in total. The van der Waals surface area contributed by atoms with Crippen molar-refractivity contribution < 1.29 is 30.7 Å². The van der Waals surface area contributed by atoms with Gasteiger partial charge in [-0.15, -0.1) is 0 Å². The summed E-state index contributed by atoms with van der Waals surface area (Å²) in [5, 5.41) is 5.23. The van der Waals surface area contributed by atoms with Gasteiger partial charge in [-0.25, -0.2) is 36.5 Å². The van der Waals surface area contributed by atoms with Crippen molar-refractivity contribution in [3.8, 4) is 22.9 Å². The van der Waals surface area contributed by atoms with E-state index in [1.807, 2.05) is 4.72 Å². The molecule has 1 saturated carbocycles. The minimum absolute atomic E-state index is 0.205. The minimum atomic E-state index is -4.13. The van der Waals surface area contributed by atoms with E-state index in [2.05, 4.69) is 25.6 Å². The number of sulfonamides is 1. The van der Waals surface area contributed by atoms with Gasteiger partial charge in [-0.2, -0.15) is 4.39 Å². The maximum absolute atomic E-state index is 15.0. The Bertz CT molecular complexity index is 1470. The summed E-state index contributed by atoms with van der Waals surface area (Å²) in [7, 11) is -4.13. The number of ether oxygens (including phenoxy) is 1. The molecule has 3 N–H and O–H groups in total. The van der Waals surface area contributed by atoms with Crippen LogP contribution in [0.5, 0.6) is 11.6 Å². The smallest absolute Gasteiger partial charge is 0.235 e. The molecule has 14 heteroatoms. The van der Waals surface area contributed by atoms with E-state index in [-0.39, 0.29) is 36.4 Å². The van der Waals surface area contributed by atoms with E-state index in [0.29, 0.717) is 44.0 Å². The lowest BCUT2D eigenvalue weighted by Gasteiger charge is -2.26. The second-order valence-electron chi connectivity index (χ2n) is 9.82. The van der Waals surface area contributed by atoms with Crippen LogP contribution in [0.1, 0.15) is 38.5 Å². The highest BCUT2D eigenvalue weighted by Gasteiger charge is 2.31. The number of hydrogen-bond donors (Lipinski definition) is 3. The Hall–Kier alpha value is -3.52. The SMILES string of the molecule is O=S(=O)(Nc1c(F)cc(Oc2ncccc2-c2ccnc(NC3CNC[C@@H](F)C3)n2)c(F)c1F)C1CCCCC1. The van der Waals surface area contributed by atoms with Crippen molar-refractivity contribution >= 4 is 21.7 Å². The van der Waals surface area contributed by atoms with Gasteiger partial charge in [-0.05, 0) is 31.0 Å². The summed E-state index contributed by atoms with van der Waals surface area (Å²) in [6.07, 6.45) is 5.05. The summed E-state index contributed by atoms with van der Waals surface area (Å²) in [5.41, 5.74) is -0.532. The average molecular weight is 581 g/mol. The summed E-state index contributed by atoms with van der Waals surface area (Å²) in [6.45, 7) is 0.805. The summed E-state index contributed by atoms with van der Waals surface area (Å²) in [6, 6.07) is 4.99. The molecule has 1 unspecified atom stereocenters.